The van der Waals surface area contributed by atoms with Gasteiger partial charge in [0.05, 0.1) is 0 Å². The van der Waals surface area contributed by atoms with Crippen molar-refractivity contribution in [3.8, 4) is 0 Å². The van der Waals surface area contributed by atoms with Crippen molar-refractivity contribution in [2.45, 2.75) is 95.2 Å². The monoisotopic (exact) mass is 492 g/mol. The summed E-state index contributed by atoms with van der Waals surface area (Å²) in [7, 11) is 0. The van der Waals surface area contributed by atoms with Gasteiger partial charge in [-0.2, -0.15) is 0 Å². The summed E-state index contributed by atoms with van der Waals surface area (Å²) in [5.41, 5.74) is -0.862. The van der Waals surface area contributed by atoms with Crippen molar-refractivity contribution in [2.24, 2.45) is 23.7 Å². The van der Waals surface area contributed by atoms with Crippen molar-refractivity contribution in [2.75, 3.05) is 0 Å². The number of benzene rings is 1. The van der Waals surface area contributed by atoms with Crippen LogP contribution in [-0.4, -0.2) is 45.8 Å². The number of hydrogen-bond acceptors (Lipinski definition) is 6. The Morgan fingerprint density at radius 1 is 1.21 bits per heavy atom. The van der Waals surface area contributed by atoms with Crippen molar-refractivity contribution in [1.82, 2.24) is 0 Å². The minimum absolute atomic E-state index is 0.0107. The molecule has 1 saturated carbocycles. The second-order valence-electron chi connectivity index (χ2n) is 10.8. The summed E-state index contributed by atoms with van der Waals surface area (Å²) in [6.07, 6.45) is 0.562. The van der Waals surface area contributed by atoms with Gasteiger partial charge in [0.1, 0.15) is 29.5 Å². The number of hydrogen-bond donors (Lipinski definition) is 1. The van der Waals surface area contributed by atoms with E-state index in [-0.39, 0.29) is 23.7 Å². The quantitative estimate of drug-likeness (QED) is 0.434. The van der Waals surface area contributed by atoms with Crippen LogP contribution >= 0.6 is 11.6 Å². The number of esters is 2. The van der Waals surface area contributed by atoms with Gasteiger partial charge in [0.2, 0.25) is 0 Å². The van der Waals surface area contributed by atoms with Gasteiger partial charge in [0.15, 0.2) is 5.38 Å². The summed E-state index contributed by atoms with van der Waals surface area (Å²) in [4.78, 5) is 25.6. The Labute approximate surface area is 207 Å². The van der Waals surface area contributed by atoms with Crippen LogP contribution in [0.25, 0.3) is 0 Å². The van der Waals surface area contributed by atoms with E-state index in [0.29, 0.717) is 24.3 Å². The lowest BCUT2D eigenvalue weighted by molar-refractivity contribution is -0.266. The summed E-state index contributed by atoms with van der Waals surface area (Å²) >= 11 is 6.45. The Morgan fingerprint density at radius 2 is 1.88 bits per heavy atom. The molecule has 2 heterocycles. The van der Waals surface area contributed by atoms with Crippen LogP contribution in [-0.2, 0) is 23.8 Å². The average molecular weight is 493 g/mol. The largest absolute Gasteiger partial charge is 0.459 e. The molecule has 0 amide bonds. The fraction of sp³-hybridized carbons (Fsp3) is 0.704. The third-order valence-corrected chi connectivity index (χ3v) is 9.02. The molecule has 0 aromatic heterocycles. The van der Waals surface area contributed by atoms with Crippen LogP contribution in [0.1, 0.15) is 72.0 Å². The highest BCUT2D eigenvalue weighted by atomic mass is 35.5. The number of aliphatic hydroxyl groups excluding tert-OH is 1. The van der Waals surface area contributed by atoms with Gasteiger partial charge in [0, 0.05) is 18.8 Å². The van der Waals surface area contributed by atoms with E-state index in [2.05, 4.69) is 27.7 Å². The number of carbonyl (C=O) groups excluding carboxylic acids is 2. The van der Waals surface area contributed by atoms with Crippen LogP contribution in [0.3, 0.4) is 0 Å². The van der Waals surface area contributed by atoms with Crippen LogP contribution in [0.4, 0.5) is 0 Å². The first-order chi connectivity index (χ1) is 16.0. The van der Waals surface area contributed by atoms with Crippen molar-refractivity contribution < 1.29 is 28.9 Å². The van der Waals surface area contributed by atoms with Gasteiger partial charge < -0.3 is 19.3 Å². The number of halogens is 1. The van der Waals surface area contributed by atoms with Crippen molar-refractivity contribution in [3.05, 3.63) is 35.9 Å². The van der Waals surface area contributed by atoms with E-state index < -0.39 is 40.9 Å². The first kappa shape index (κ1) is 25.5. The summed E-state index contributed by atoms with van der Waals surface area (Å²) in [6.45, 7) is 10.2. The summed E-state index contributed by atoms with van der Waals surface area (Å²) in [5, 5.41) is 9.48. The molecule has 2 aliphatic heterocycles. The molecular weight excluding hydrogens is 456 g/mol. The molecule has 9 unspecified atom stereocenters. The third-order valence-electron chi connectivity index (χ3n) is 8.60. The lowest BCUT2D eigenvalue weighted by Gasteiger charge is -2.53. The maximum atomic E-state index is 13.3. The Morgan fingerprint density at radius 3 is 2.50 bits per heavy atom. The molecule has 1 aromatic carbocycles. The second kappa shape index (κ2) is 9.44. The highest BCUT2D eigenvalue weighted by molar-refractivity contribution is 6.30. The van der Waals surface area contributed by atoms with Crippen LogP contribution in [0, 0.1) is 23.7 Å². The fourth-order valence-corrected chi connectivity index (χ4v) is 6.82. The van der Waals surface area contributed by atoms with E-state index in [1.165, 1.54) is 0 Å². The molecule has 7 heteroatoms. The first-order valence-electron chi connectivity index (χ1n) is 12.5. The highest BCUT2D eigenvalue weighted by Crippen LogP contribution is 2.63. The maximum absolute atomic E-state index is 13.3. The average Bonchev–Trinajstić information content (AvgIpc) is 3.34. The lowest BCUT2D eigenvalue weighted by Crippen LogP contribution is -2.62. The SMILES string of the molecule is CCC(=O)OC1CC2(C(C)C)OC1(C)C1CCC(C)C1C2OC(=O)C(Cl)C(O)c1ccccc1. The van der Waals surface area contributed by atoms with E-state index in [1.807, 2.05) is 6.07 Å². The maximum Gasteiger partial charge on any atom is 0.327 e. The van der Waals surface area contributed by atoms with E-state index >= 15 is 0 Å². The van der Waals surface area contributed by atoms with Gasteiger partial charge in [-0.1, -0.05) is 58.0 Å². The van der Waals surface area contributed by atoms with Crippen LogP contribution in [0.2, 0.25) is 0 Å². The molecule has 4 rings (SSSR count). The van der Waals surface area contributed by atoms with Crippen LogP contribution < -0.4 is 0 Å². The zero-order chi connectivity index (χ0) is 24.8. The van der Waals surface area contributed by atoms with Crippen LogP contribution in [0.5, 0.6) is 0 Å². The summed E-state index contributed by atoms with van der Waals surface area (Å²) in [5.74, 6) is -0.411. The molecule has 34 heavy (non-hydrogen) atoms. The number of carbonyl (C=O) groups is 2. The number of alkyl halides is 1. The van der Waals surface area contributed by atoms with Crippen molar-refractivity contribution in [3.63, 3.8) is 0 Å². The molecule has 188 valence electrons. The topological polar surface area (TPSA) is 82.1 Å². The molecule has 0 radical (unpaired) electrons. The van der Waals surface area contributed by atoms with Gasteiger partial charge >= 0.3 is 11.9 Å². The minimum atomic E-state index is -1.25. The molecule has 2 bridgehead atoms. The van der Waals surface area contributed by atoms with Gasteiger partial charge in [0.25, 0.3) is 0 Å². The lowest BCUT2D eigenvalue weighted by atomic mass is 9.69. The first-order valence-corrected chi connectivity index (χ1v) is 13.0. The highest BCUT2D eigenvalue weighted by Gasteiger charge is 2.72. The standard InChI is InChI=1S/C27H37ClO6/c1-6-20(29)32-19-14-27(15(2)3)24(21-16(4)12-13-18(21)26(19,5)34-27)33-25(31)22(28)23(30)17-10-8-7-9-11-17/h7-11,15-16,18-19,21-24,30H,6,12-14H2,1-5H3. The molecule has 6 nitrogen and oxygen atoms in total. The van der Waals surface area contributed by atoms with Gasteiger partial charge in [-0.3, -0.25) is 9.59 Å². The van der Waals surface area contributed by atoms with Crippen LogP contribution in [0.15, 0.2) is 30.3 Å². The minimum Gasteiger partial charge on any atom is -0.459 e. The second-order valence-corrected chi connectivity index (χ2v) is 11.3. The number of fused-ring (bicyclic) bond motifs is 4. The van der Waals surface area contributed by atoms with E-state index in [0.717, 1.165) is 12.8 Å². The molecule has 3 aliphatic rings. The summed E-state index contributed by atoms with van der Waals surface area (Å²) < 4.78 is 19.0. The molecule has 1 aliphatic carbocycles. The molecular formula is C27H37ClO6. The molecule has 9 atom stereocenters. The normalized spacial score (nSPS) is 38.3. The predicted molar refractivity (Wildman–Crippen MR) is 128 cm³/mol. The third kappa shape index (κ3) is 4.06. The van der Waals surface area contributed by atoms with Gasteiger partial charge in [-0.05, 0) is 43.1 Å². The van der Waals surface area contributed by atoms with Crippen molar-refractivity contribution >= 4 is 23.5 Å². The zero-order valence-corrected chi connectivity index (χ0v) is 21.5. The zero-order valence-electron chi connectivity index (χ0n) is 20.7. The number of aliphatic hydroxyl groups is 1. The number of rotatable bonds is 7. The Hall–Kier alpha value is -1.63. The van der Waals surface area contributed by atoms with Gasteiger partial charge in [-0.15, -0.1) is 11.6 Å². The van der Waals surface area contributed by atoms with Crippen molar-refractivity contribution in [1.29, 1.82) is 0 Å². The summed E-state index contributed by atoms with van der Waals surface area (Å²) in [6, 6.07) is 8.88. The molecule has 3 fully saturated rings. The molecule has 2 saturated heterocycles. The Kier molecular flexibility index (Phi) is 7.07. The smallest absolute Gasteiger partial charge is 0.327 e. The molecule has 1 N–H and O–H groups in total. The molecule has 1 aromatic rings. The Bertz CT molecular complexity index is 906. The van der Waals surface area contributed by atoms with E-state index in [4.69, 9.17) is 25.8 Å². The van der Waals surface area contributed by atoms with E-state index in [1.54, 1.807) is 31.2 Å². The Balaban J connectivity index is 1.66. The van der Waals surface area contributed by atoms with E-state index in [9.17, 15) is 14.7 Å². The molecule has 0 spiro atoms. The van der Waals surface area contributed by atoms with Gasteiger partial charge in [-0.25, -0.2) is 0 Å². The fourth-order valence-electron chi connectivity index (χ4n) is 6.63. The number of ether oxygens (including phenoxy) is 3. The predicted octanol–water partition coefficient (Wildman–Crippen LogP) is 4.81.